The molecule has 2 fully saturated rings. The van der Waals surface area contributed by atoms with Crippen molar-refractivity contribution in [1.29, 1.82) is 0 Å². The van der Waals surface area contributed by atoms with E-state index >= 15 is 0 Å². The van der Waals surface area contributed by atoms with E-state index in [0.717, 1.165) is 32.3 Å². The summed E-state index contributed by atoms with van der Waals surface area (Å²) in [5.74, 6) is 0. The molecule has 0 bridgehead atoms. The van der Waals surface area contributed by atoms with Gasteiger partial charge in [0.15, 0.2) is 0 Å². The van der Waals surface area contributed by atoms with E-state index < -0.39 is 8.32 Å². The molecule has 1 aliphatic carbocycles. The Bertz CT molecular complexity index is 602. The summed E-state index contributed by atoms with van der Waals surface area (Å²) in [6.07, 6.45) is 4.93. The fraction of sp³-hybridized carbons (Fsp3) is 0.400. The summed E-state index contributed by atoms with van der Waals surface area (Å²) in [6.45, 7) is 3.31. The Morgan fingerprint density at radius 3 is 1.83 bits per heavy atom. The van der Waals surface area contributed by atoms with Gasteiger partial charge in [-0.2, -0.15) is 0 Å². The van der Waals surface area contributed by atoms with Gasteiger partial charge in [0.2, 0.25) is 0 Å². The Labute approximate surface area is 139 Å². The maximum atomic E-state index is 6.86. The van der Waals surface area contributed by atoms with E-state index in [1.165, 1.54) is 10.4 Å². The first-order chi connectivity index (χ1) is 11.2. The Kier molecular flexibility index (Phi) is 3.88. The molecule has 1 spiro atoms. The normalized spacial score (nSPS) is 27.1. The van der Waals surface area contributed by atoms with Gasteiger partial charge < -0.3 is 9.16 Å². The maximum absolute atomic E-state index is 6.86. The van der Waals surface area contributed by atoms with E-state index in [4.69, 9.17) is 9.16 Å². The smallest absolute Gasteiger partial charge is 0.253 e. The molecule has 2 aromatic carbocycles. The number of ether oxygens (including phenoxy) is 1. The van der Waals surface area contributed by atoms with Crippen molar-refractivity contribution in [3.8, 4) is 0 Å². The van der Waals surface area contributed by atoms with Crippen LogP contribution in [0.1, 0.15) is 25.7 Å². The molecule has 120 valence electrons. The number of benzene rings is 2. The highest BCUT2D eigenvalue weighted by Crippen LogP contribution is 2.42. The average molecular weight is 324 g/mol. The summed E-state index contributed by atoms with van der Waals surface area (Å²) in [5, 5.41) is 2.71. The van der Waals surface area contributed by atoms with E-state index in [1.54, 1.807) is 0 Å². The molecule has 4 rings (SSSR count). The molecule has 1 saturated heterocycles. The van der Waals surface area contributed by atoms with Gasteiger partial charge in [0, 0.05) is 6.10 Å². The number of rotatable bonds is 4. The molecule has 23 heavy (non-hydrogen) atoms. The summed E-state index contributed by atoms with van der Waals surface area (Å²) in [6, 6.07) is 21.6. The molecule has 1 saturated carbocycles. The zero-order valence-electron chi connectivity index (χ0n) is 13.7. The number of hydrogen-bond acceptors (Lipinski definition) is 2. The van der Waals surface area contributed by atoms with Crippen molar-refractivity contribution < 1.29 is 9.16 Å². The van der Waals surface area contributed by atoms with Crippen LogP contribution in [0.15, 0.2) is 60.7 Å². The molecular weight excluding hydrogens is 300 g/mol. The minimum Gasteiger partial charge on any atom is -0.405 e. The van der Waals surface area contributed by atoms with E-state index in [2.05, 4.69) is 67.2 Å². The fourth-order valence-corrected chi connectivity index (χ4v) is 6.94. The predicted molar refractivity (Wildman–Crippen MR) is 95.8 cm³/mol. The van der Waals surface area contributed by atoms with Gasteiger partial charge in [-0.15, -0.1) is 0 Å². The lowest BCUT2D eigenvalue weighted by Crippen LogP contribution is -2.60. The maximum Gasteiger partial charge on any atom is 0.253 e. The van der Waals surface area contributed by atoms with Crippen molar-refractivity contribution >= 4 is 18.7 Å². The topological polar surface area (TPSA) is 21.8 Å². The van der Waals surface area contributed by atoms with Crippen LogP contribution in [0.25, 0.3) is 0 Å². The molecule has 1 aliphatic heterocycles. The molecule has 0 radical (unpaired) electrons. The quantitative estimate of drug-likeness (QED) is 0.637. The molecular formula is C20H24O2Si. The zero-order chi connectivity index (χ0) is 15.8. The first kappa shape index (κ1) is 15.1. The van der Waals surface area contributed by atoms with E-state index in [0.29, 0.717) is 6.10 Å². The van der Waals surface area contributed by atoms with Crippen LogP contribution in [0.3, 0.4) is 0 Å². The van der Waals surface area contributed by atoms with Crippen molar-refractivity contribution in [2.45, 2.75) is 43.9 Å². The first-order valence-electron chi connectivity index (χ1n) is 8.63. The molecule has 0 amide bonds. The van der Waals surface area contributed by atoms with Crippen molar-refractivity contribution in [3.63, 3.8) is 0 Å². The second kappa shape index (κ2) is 5.89. The lowest BCUT2D eigenvalue weighted by molar-refractivity contribution is 0.109. The number of epoxide rings is 1. The number of hydrogen-bond donors (Lipinski definition) is 0. The molecule has 2 aliphatic rings. The van der Waals surface area contributed by atoms with Crippen molar-refractivity contribution in [2.24, 2.45) is 0 Å². The third-order valence-corrected chi connectivity index (χ3v) is 9.12. The standard InChI is InChI=1S/C20H24O2Si/c1-23(18-8-4-2-5-9-18,19-10-6-3-7-11-19)22-17-12-14-20(15-13-17)16-21-20/h2-11,17H,12-16H2,1H3. The Morgan fingerprint density at radius 2 is 1.39 bits per heavy atom. The highest BCUT2D eigenvalue weighted by molar-refractivity contribution is 6.96. The summed E-state index contributed by atoms with van der Waals surface area (Å²) in [7, 11) is -2.16. The summed E-state index contributed by atoms with van der Waals surface area (Å²) in [4.78, 5) is 0. The highest BCUT2D eigenvalue weighted by atomic mass is 28.4. The van der Waals surface area contributed by atoms with Crippen molar-refractivity contribution in [1.82, 2.24) is 0 Å². The SMILES string of the molecule is C[Si](OC1CCC2(CC1)CO2)(c1ccccc1)c1ccccc1. The Balaban J connectivity index is 1.60. The van der Waals surface area contributed by atoms with E-state index in [-0.39, 0.29) is 5.60 Å². The third kappa shape index (κ3) is 3.01. The monoisotopic (exact) mass is 324 g/mol. The molecule has 2 nitrogen and oxygen atoms in total. The predicted octanol–water partition coefficient (Wildman–Crippen LogP) is 3.10. The zero-order valence-corrected chi connectivity index (χ0v) is 14.7. The van der Waals surface area contributed by atoms with Gasteiger partial charge in [0.25, 0.3) is 8.32 Å². The second-order valence-corrected chi connectivity index (χ2v) is 10.5. The van der Waals surface area contributed by atoms with Crippen LogP contribution in [-0.4, -0.2) is 26.6 Å². The van der Waals surface area contributed by atoms with E-state index in [9.17, 15) is 0 Å². The fourth-order valence-electron chi connectivity index (χ4n) is 3.77. The van der Waals surface area contributed by atoms with Gasteiger partial charge >= 0.3 is 0 Å². The molecule has 2 aromatic rings. The molecule has 0 atom stereocenters. The van der Waals surface area contributed by atoms with Gasteiger partial charge in [-0.1, -0.05) is 60.7 Å². The molecule has 3 heteroatoms. The second-order valence-electron chi connectivity index (χ2n) is 7.05. The van der Waals surface area contributed by atoms with Gasteiger partial charge in [-0.05, 0) is 42.6 Å². The minimum absolute atomic E-state index is 0.233. The van der Waals surface area contributed by atoms with Crippen LogP contribution < -0.4 is 10.4 Å². The van der Waals surface area contributed by atoms with E-state index in [1.807, 2.05) is 0 Å². The lowest BCUT2D eigenvalue weighted by atomic mass is 9.88. The van der Waals surface area contributed by atoms with Crippen LogP contribution in [0.2, 0.25) is 6.55 Å². The van der Waals surface area contributed by atoms with Gasteiger partial charge in [-0.25, -0.2) is 0 Å². The van der Waals surface area contributed by atoms with Crippen LogP contribution in [0.5, 0.6) is 0 Å². The largest absolute Gasteiger partial charge is 0.405 e. The Hall–Kier alpha value is -1.42. The first-order valence-corrected chi connectivity index (χ1v) is 11.0. The summed E-state index contributed by atoms with van der Waals surface area (Å²) < 4.78 is 12.5. The molecule has 0 unspecified atom stereocenters. The van der Waals surface area contributed by atoms with Crippen LogP contribution >= 0.6 is 0 Å². The van der Waals surface area contributed by atoms with Gasteiger partial charge in [-0.3, -0.25) is 0 Å². The van der Waals surface area contributed by atoms with Crippen molar-refractivity contribution in [2.75, 3.05) is 6.61 Å². The summed E-state index contributed by atoms with van der Waals surface area (Å²) >= 11 is 0. The minimum atomic E-state index is -2.16. The highest BCUT2D eigenvalue weighted by Gasteiger charge is 2.48. The third-order valence-electron chi connectivity index (χ3n) is 5.45. The molecule has 1 heterocycles. The van der Waals surface area contributed by atoms with Gasteiger partial charge in [0.05, 0.1) is 12.2 Å². The average Bonchev–Trinajstić information content (AvgIpc) is 3.38. The van der Waals surface area contributed by atoms with Crippen LogP contribution in [0, 0.1) is 0 Å². The van der Waals surface area contributed by atoms with Crippen LogP contribution in [0.4, 0.5) is 0 Å². The lowest BCUT2D eigenvalue weighted by Gasteiger charge is -2.36. The molecule has 0 aromatic heterocycles. The van der Waals surface area contributed by atoms with Gasteiger partial charge in [0.1, 0.15) is 0 Å². The summed E-state index contributed by atoms with van der Waals surface area (Å²) in [5.41, 5.74) is 0.233. The Morgan fingerprint density at radius 1 is 0.913 bits per heavy atom. The van der Waals surface area contributed by atoms with Crippen LogP contribution in [-0.2, 0) is 9.16 Å². The van der Waals surface area contributed by atoms with Crippen molar-refractivity contribution in [3.05, 3.63) is 60.7 Å². The molecule has 0 N–H and O–H groups in total.